The van der Waals surface area contributed by atoms with Crippen molar-refractivity contribution in [3.8, 4) is 22.6 Å². The number of oxazole rings is 1. The van der Waals surface area contributed by atoms with Crippen LogP contribution in [0.15, 0.2) is 94.6 Å². The number of thioether (sulfide) groups is 1. The van der Waals surface area contributed by atoms with E-state index in [1.165, 1.54) is 36.0 Å². The Morgan fingerprint density at radius 2 is 1.55 bits per heavy atom. The van der Waals surface area contributed by atoms with E-state index in [1.807, 2.05) is 60.7 Å². The summed E-state index contributed by atoms with van der Waals surface area (Å²) in [5.74, 6) is 0.463. The minimum Gasteiger partial charge on any atom is -0.431 e. The molecule has 8 heteroatoms. The molecule has 3 aromatic carbocycles. The minimum atomic E-state index is -0.487. The van der Waals surface area contributed by atoms with Crippen LogP contribution in [0.25, 0.3) is 22.6 Å². The highest BCUT2D eigenvalue weighted by molar-refractivity contribution is 7.99. The summed E-state index contributed by atoms with van der Waals surface area (Å²) in [7, 11) is 0. The Labute approximate surface area is 182 Å². The van der Waals surface area contributed by atoms with Crippen LogP contribution in [0, 0.1) is 10.1 Å². The molecule has 1 N–H and O–H groups in total. The van der Waals surface area contributed by atoms with Crippen molar-refractivity contribution in [1.82, 2.24) is 4.98 Å². The van der Waals surface area contributed by atoms with Gasteiger partial charge in [0.15, 0.2) is 5.76 Å². The number of aromatic nitrogens is 1. The zero-order valence-electron chi connectivity index (χ0n) is 16.2. The van der Waals surface area contributed by atoms with E-state index in [0.29, 0.717) is 22.4 Å². The van der Waals surface area contributed by atoms with Crippen molar-refractivity contribution >= 4 is 29.0 Å². The van der Waals surface area contributed by atoms with E-state index in [-0.39, 0.29) is 17.3 Å². The van der Waals surface area contributed by atoms with Gasteiger partial charge in [0, 0.05) is 28.9 Å². The first-order valence-corrected chi connectivity index (χ1v) is 10.4. The normalized spacial score (nSPS) is 10.6. The van der Waals surface area contributed by atoms with Crippen molar-refractivity contribution in [2.45, 2.75) is 5.22 Å². The lowest BCUT2D eigenvalue weighted by atomic mass is 10.1. The molecule has 0 fully saturated rings. The summed E-state index contributed by atoms with van der Waals surface area (Å²) < 4.78 is 5.99. The summed E-state index contributed by atoms with van der Waals surface area (Å²) in [4.78, 5) is 27.1. The maximum Gasteiger partial charge on any atom is 0.269 e. The van der Waals surface area contributed by atoms with Crippen molar-refractivity contribution in [2.75, 3.05) is 11.1 Å². The van der Waals surface area contributed by atoms with Gasteiger partial charge in [0.2, 0.25) is 5.91 Å². The molecule has 0 aliphatic carbocycles. The van der Waals surface area contributed by atoms with Gasteiger partial charge in [-0.15, -0.1) is 0 Å². The average molecular weight is 431 g/mol. The Bertz CT molecular complexity index is 1140. The average Bonchev–Trinajstić information content (AvgIpc) is 3.24. The van der Waals surface area contributed by atoms with Gasteiger partial charge in [-0.1, -0.05) is 72.4 Å². The second kappa shape index (κ2) is 9.27. The first-order valence-electron chi connectivity index (χ1n) is 9.39. The number of rotatable bonds is 7. The number of nitrogens with one attached hydrogen (secondary N) is 1. The van der Waals surface area contributed by atoms with Crippen LogP contribution in [0.3, 0.4) is 0 Å². The number of non-ortho nitro benzene ring substituents is 1. The number of nitro benzene ring substituents is 1. The second-order valence-electron chi connectivity index (χ2n) is 6.53. The van der Waals surface area contributed by atoms with Crippen LogP contribution < -0.4 is 5.32 Å². The van der Waals surface area contributed by atoms with Crippen LogP contribution in [0.2, 0.25) is 0 Å². The molecule has 0 aliphatic heterocycles. The number of nitro groups is 1. The molecule has 0 spiro atoms. The van der Waals surface area contributed by atoms with Crippen molar-refractivity contribution < 1.29 is 14.1 Å². The Balaban J connectivity index is 1.49. The van der Waals surface area contributed by atoms with Crippen LogP contribution in [0.1, 0.15) is 0 Å². The first-order chi connectivity index (χ1) is 15.1. The summed E-state index contributed by atoms with van der Waals surface area (Å²) in [6.45, 7) is 0. The maximum atomic E-state index is 12.3. The fraction of sp³-hybridized carbons (Fsp3) is 0.0435. The predicted molar refractivity (Wildman–Crippen MR) is 120 cm³/mol. The molecular formula is C23H17N3O4S. The van der Waals surface area contributed by atoms with E-state index in [0.717, 1.165) is 11.1 Å². The van der Waals surface area contributed by atoms with E-state index < -0.39 is 4.92 Å². The zero-order chi connectivity index (χ0) is 21.6. The van der Waals surface area contributed by atoms with Crippen LogP contribution in [0.4, 0.5) is 11.4 Å². The molecule has 7 nitrogen and oxygen atoms in total. The third kappa shape index (κ3) is 4.99. The van der Waals surface area contributed by atoms with Gasteiger partial charge in [-0.3, -0.25) is 14.9 Å². The number of hydrogen-bond acceptors (Lipinski definition) is 6. The largest absolute Gasteiger partial charge is 0.431 e. The molecular weight excluding hydrogens is 414 g/mol. The van der Waals surface area contributed by atoms with Gasteiger partial charge < -0.3 is 9.73 Å². The lowest BCUT2D eigenvalue weighted by Gasteiger charge is -2.03. The summed E-state index contributed by atoms with van der Waals surface area (Å²) in [6.07, 6.45) is 0. The quantitative estimate of drug-likeness (QED) is 0.231. The van der Waals surface area contributed by atoms with Gasteiger partial charge in [-0.05, 0) is 12.1 Å². The highest BCUT2D eigenvalue weighted by Gasteiger charge is 2.18. The third-order valence-electron chi connectivity index (χ3n) is 4.38. The molecule has 0 atom stereocenters. The lowest BCUT2D eigenvalue weighted by molar-refractivity contribution is -0.384. The lowest BCUT2D eigenvalue weighted by Crippen LogP contribution is -2.13. The fourth-order valence-corrected chi connectivity index (χ4v) is 3.55. The number of benzene rings is 3. The first kappa shape index (κ1) is 20.4. The molecule has 4 aromatic rings. The number of carbonyl (C=O) groups is 1. The summed E-state index contributed by atoms with van der Waals surface area (Å²) in [5.41, 5.74) is 2.99. The van der Waals surface area contributed by atoms with E-state index >= 15 is 0 Å². The van der Waals surface area contributed by atoms with Crippen LogP contribution in [-0.4, -0.2) is 21.6 Å². The van der Waals surface area contributed by atoms with E-state index in [9.17, 15) is 14.9 Å². The molecule has 0 unspecified atom stereocenters. The minimum absolute atomic E-state index is 0.0333. The van der Waals surface area contributed by atoms with E-state index in [2.05, 4.69) is 10.3 Å². The molecule has 1 aromatic heterocycles. The van der Waals surface area contributed by atoms with Crippen molar-refractivity contribution in [2.24, 2.45) is 0 Å². The Hall–Kier alpha value is -3.91. The maximum absolute atomic E-state index is 12.3. The second-order valence-corrected chi connectivity index (χ2v) is 7.46. The van der Waals surface area contributed by atoms with Crippen molar-refractivity contribution in [3.05, 3.63) is 95.0 Å². The van der Waals surface area contributed by atoms with Gasteiger partial charge >= 0.3 is 0 Å². The van der Waals surface area contributed by atoms with Crippen LogP contribution in [0.5, 0.6) is 0 Å². The van der Waals surface area contributed by atoms with Crippen molar-refractivity contribution in [1.29, 1.82) is 0 Å². The molecule has 0 radical (unpaired) electrons. The smallest absolute Gasteiger partial charge is 0.269 e. The Morgan fingerprint density at radius 3 is 2.16 bits per heavy atom. The van der Waals surface area contributed by atoms with Crippen LogP contribution >= 0.6 is 11.8 Å². The molecule has 1 heterocycles. The summed E-state index contributed by atoms with van der Waals surface area (Å²) in [5, 5.41) is 13.8. The summed E-state index contributed by atoms with van der Waals surface area (Å²) >= 11 is 1.18. The number of amides is 1. The van der Waals surface area contributed by atoms with Crippen LogP contribution in [-0.2, 0) is 4.79 Å². The fourth-order valence-electron chi connectivity index (χ4n) is 2.93. The standard InChI is InChI=1S/C23H17N3O4S/c27-20(24-18-11-13-19(14-12-18)26(28)29)15-31-23-25-21(16-7-3-1-4-8-16)22(30-23)17-9-5-2-6-10-17/h1-14H,15H2,(H,24,27). The third-order valence-corrected chi connectivity index (χ3v) is 5.21. The number of nitrogens with zero attached hydrogens (tertiary/aromatic N) is 2. The molecule has 0 saturated heterocycles. The van der Waals surface area contributed by atoms with E-state index in [4.69, 9.17) is 4.42 Å². The number of hydrogen-bond donors (Lipinski definition) is 1. The molecule has 0 aliphatic rings. The SMILES string of the molecule is O=C(CSc1nc(-c2ccccc2)c(-c2ccccc2)o1)Nc1ccc([N+](=O)[O-])cc1. The molecule has 0 saturated carbocycles. The highest BCUT2D eigenvalue weighted by Crippen LogP contribution is 2.35. The molecule has 0 bridgehead atoms. The summed E-state index contributed by atoms with van der Waals surface area (Å²) in [6, 6.07) is 25.1. The molecule has 4 rings (SSSR count). The molecule has 31 heavy (non-hydrogen) atoms. The van der Waals surface area contributed by atoms with E-state index in [1.54, 1.807) is 0 Å². The number of carbonyl (C=O) groups excluding carboxylic acids is 1. The topological polar surface area (TPSA) is 98.3 Å². The van der Waals surface area contributed by atoms with Gasteiger partial charge in [-0.2, -0.15) is 0 Å². The molecule has 1 amide bonds. The Kier molecular flexibility index (Phi) is 6.09. The molecule has 154 valence electrons. The monoisotopic (exact) mass is 431 g/mol. The van der Waals surface area contributed by atoms with Gasteiger partial charge in [0.05, 0.1) is 10.7 Å². The van der Waals surface area contributed by atoms with Crippen molar-refractivity contribution in [3.63, 3.8) is 0 Å². The number of anilines is 1. The highest BCUT2D eigenvalue weighted by atomic mass is 32.2. The zero-order valence-corrected chi connectivity index (χ0v) is 17.0. The van der Waals surface area contributed by atoms with Gasteiger partial charge in [0.25, 0.3) is 10.9 Å². The Morgan fingerprint density at radius 1 is 0.935 bits per heavy atom. The van der Waals surface area contributed by atoms with Gasteiger partial charge in [-0.25, -0.2) is 4.98 Å². The van der Waals surface area contributed by atoms with Gasteiger partial charge in [0.1, 0.15) is 5.69 Å². The predicted octanol–water partition coefficient (Wildman–Crippen LogP) is 5.65.